The molecule has 6 heteroatoms. The second kappa shape index (κ2) is 6.51. The Labute approximate surface area is 133 Å². The Hall–Kier alpha value is -0.840. The Morgan fingerprint density at radius 1 is 1.48 bits per heavy atom. The highest BCUT2D eigenvalue weighted by atomic mass is 35.5. The predicted octanol–water partition coefficient (Wildman–Crippen LogP) is 3.80. The maximum absolute atomic E-state index is 13.5. The number of carbonyl (C=O) groups is 1. The number of carbonyl (C=O) groups excluding carboxylic acids is 1. The fourth-order valence-corrected chi connectivity index (χ4v) is 3.43. The fourth-order valence-electron chi connectivity index (χ4n) is 2.96. The summed E-state index contributed by atoms with van der Waals surface area (Å²) in [4.78, 5) is 12.4. The van der Waals surface area contributed by atoms with E-state index in [1.54, 1.807) is 0 Å². The quantitative estimate of drug-likeness (QED) is 0.826. The normalized spacial score (nSPS) is 25.7. The van der Waals surface area contributed by atoms with Gasteiger partial charge in [0.2, 0.25) is 0 Å². The van der Waals surface area contributed by atoms with E-state index in [0.29, 0.717) is 18.8 Å². The van der Waals surface area contributed by atoms with Crippen LogP contribution in [-0.2, 0) is 0 Å². The first-order valence-electron chi connectivity index (χ1n) is 6.95. The SMILES string of the molecule is CC1CCCC(CO)(NC(=O)c2cc(F)c(Cl)cc2Cl)C1. The van der Waals surface area contributed by atoms with E-state index in [9.17, 15) is 14.3 Å². The molecule has 116 valence electrons. The summed E-state index contributed by atoms with van der Waals surface area (Å²) in [6, 6.07) is 2.24. The van der Waals surface area contributed by atoms with Crippen molar-refractivity contribution in [1.82, 2.24) is 5.32 Å². The molecule has 21 heavy (non-hydrogen) atoms. The maximum atomic E-state index is 13.5. The van der Waals surface area contributed by atoms with Gasteiger partial charge < -0.3 is 10.4 Å². The number of rotatable bonds is 3. The van der Waals surface area contributed by atoms with Crippen LogP contribution < -0.4 is 5.32 Å². The van der Waals surface area contributed by atoms with Crippen molar-refractivity contribution in [3.63, 3.8) is 0 Å². The Kier molecular flexibility index (Phi) is 5.12. The van der Waals surface area contributed by atoms with Crippen LogP contribution in [0.3, 0.4) is 0 Å². The number of amides is 1. The van der Waals surface area contributed by atoms with Crippen molar-refractivity contribution in [3.05, 3.63) is 33.6 Å². The third kappa shape index (κ3) is 3.68. The highest BCUT2D eigenvalue weighted by Crippen LogP contribution is 2.33. The zero-order valence-corrected chi connectivity index (χ0v) is 13.3. The van der Waals surface area contributed by atoms with E-state index in [-0.39, 0.29) is 22.2 Å². The number of nitrogens with one attached hydrogen (secondary N) is 1. The molecule has 0 spiro atoms. The first-order valence-corrected chi connectivity index (χ1v) is 7.70. The van der Waals surface area contributed by atoms with E-state index >= 15 is 0 Å². The average molecular weight is 334 g/mol. The summed E-state index contributed by atoms with van der Waals surface area (Å²) in [5.41, 5.74) is -0.626. The summed E-state index contributed by atoms with van der Waals surface area (Å²) in [5.74, 6) is -0.761. The highest BCUT2D eigenvalue weighted by molar-refractivity contribution is 6.36. The molecule has 3 nitrogen and oxygen atoms in total. The van der Waals surface area contributed by atoms with Crippen LogP contribution in [0.2, 0.25) is 10.0 Å². The molecule has 0 heterocycles. The molecule has 2 N–H and O–H groups in total. The molecule has 0 aromatic heterocycles. The maximum Gasteiger partial charge on any atom is 0.253 e. The highest BCUT2D eigenvalue weighted by Gasteiger charge is 2.36. The number of hydrogen-bond acceptors (Lipinski definition) is 2. The predicted molar refractivity (Wildman–Crippen MR) is 81.3 cm³/mol. The Morgan fingerprint density at radius 3 is 2.81 bits per heavy atom. The van der Waals surface area contributed by atoms with E-state index in [1.165, 1.54) is 6.07 Å². The van der Waals surface area contributed by atoms with Gasteiger partial charge in [-0.3, -0.25) is 4.79 Å². The van der Waals surface area contributed by atoms with Crippen molar-refractivity contribution < 1.29 is 14.3 Å². The third-order valence-corrected chi connectivity index (χ3v) is 4.63. The lowest BCUT2D eigenvalue weighted by atomic mass is 9.76. The molecule has 2 atom stereocenters. The summed E-state index contributed by atoms with van der Waals surface area (Å²) >= 11 is 11.6. The lowest BCUT2D eigenvalue weighted by Gasteiger charge is -2.39. The van der Waals surface area contributed by atoms with Gasteiger partial charge in [0.15, 0.2) is 0 Å². The van der Waals surface area contributed by atoms with Gasteiger partial charge in [0.1, 0.15) is 5.82 Å². The van der Waals surface area contributed by atoms with E-state index in [1.807, 2.05) is 0 Å². The van der Waals surface area contributed by atoms with Crippen molar-refractivity contribution >= 4 is 29.1 Å². The first kappa shape index (κ1) is 16.5. The molecule has 0 saturated heterocycles. The van der Waals surface area contributed by atoms with Gasteiger partial charge in [-0.1, -0.05) is 43.0 Å². The van der Waals surface area contributed by atoms with Crippen LogP contribution in [0.1, 0.15) is 43.0 Å². The van der Waals surface area contributed by atoms with Crippen LogP contribution in [0.5, 0.6) is 0 Å². The van der Waals surface area contributed by atoms with Gasteiger partial charge in [-0.05, 0) is 30.9 Å². The first-order chi connectivity index (χ1) is 9.87. The lowest BCUT2D eigenvalue weighted by Crippen LogP contribution is -2.53. The molecule has 1 saturated carbocycles. The van der Waals surface area contributed by atoms with Crippen molar-refractivity contribution in [2.75, 3.05) is 6.61 Å². The van der Waals surface area contributed by atoms with E-state index in [4.69, 9.17) is 23.2 Å². The van der Waals surface area contributed by atoms with Crippen molar-refractivity contribution in [2.24, 2.45) is 5.92 Å². The van der Waals surface area contributed by atoms with Crippen LogP contribution in [0, 0.1) is 11.7 Å². The standard InChI is InChI=1S/C15H18Cl2FNO2/c1-9-3-2-4-15(7-9,8-20)19-14(21)10-5-13(18)12(17)6-11(10)16/h5-6,9,20H,2-4,7-8H2,1H3,(H,19,21). The topological polar surface area (TPSA) is 49.3 Å². The van der Waals surface area contributed by atoms with E-state index < -0.39 is 17.3 Å². The summed E-state index contributed by atoms with van der Waals surface area (Å²) in [5, 5.41) is 12.5. The minimum Gasteiger partial charge on any atom is -0.394 e. The van der Waals surface area contributed by atoms with E-state index in [0.717, 1.165) is 18.9 Å². The van der Waals surface area contributed by atoms with Crippen LogP contribution >= 0.6 is 23.2 Å². The van der Waals surface area contributed by atoms with Gasteiger partial charge in [-0.15, -0.1) is 0 Å². The Morgan fingerprint density at radius 2 is 2.19 bits per heavy atom. The second-order valence-corrected chi connectivity index (χ2v) is 6.65. The van der Waals surface area contributed by atoms with Gasteiger partial charge in [-0.25, -0.2) is 4.39 Å². The van der Waals surface area contributed by atoms with Crippen molar-refractivity contribution in [2.45, 2.75) is 38.1 Å². The zero-order valence-electron chi connectivity index (χ0n) is 11.8. The molecule has 0 radical (unpaired) electrons. The number of aliphatic hydroxyl groups is 1. The summed E-state index contributed by atoms with van der Waals surface area (Å²) in [6.45, 7) is 1.95. The van der Waals surface area contributed by atoms with Gasteiger partial charge in [0.25, 0.3) is 5.91 Å². The fraction of sp³-hybridized carbons (Fsp3) is 0.533. The molecule has 1 aliphatic rings. The number of hydrogen-bond donors (Lipinski definition) is 2. The Balaban J connectivity index is 2.22. The molecule has 1 amide bonds. The summed E-state index contributed by atoms with van der Waals surface area (Å²) in [6.07, 6.45) is 3.41. The number of halogens is 3. The lowest BCUT2D eigenvalue weighted by molar-refractivity contribution is 0.0697. The van der Waals surface area contributed by atoms with Crippen molar-refractivity contribution in [1.29, 1.82) is 0 Å². The molecule has 1 aromatic carbocycles. The van der Waals surface area contributed by atoms with Crippen LogP contribution in [0.4, 0.5) is 4.39 Å². The van der Waals surface area contributed by atoms with Gasteiger partial charge in [0, 0.05) is 0 Å². The third-order valence-electron chi connectivity index (χ3n) is 4.03. The Bertz CT molecular complexity index is 553. The van der Waals surface area contributed by atoms with Crippen LogP contribution in [-0.4, -0.2) is 23.2 Å². The van der Waals surface area contributed by atoms with E-state index in [2.05, 4.69) is 12.2 Å². The number of benzene rings is 1. The van der Waals surface area contributed by atoms with Gasteiger partial charge in [0.05, 0.1) is 27.8 Å². The monoisotopic (exact) mass is 333 g/mol. The van der Waals surface area contributed by atoms with Gasteiger partial charge >= 0.3 is 0 Å². The molecular formula is C15H18Cl2FNO2. The molecule has 2 rings (SSSR count). The second-order valence-electron chi connectivity index (χ2n) is 5.84. The molecule has 2 unspecified atom stereocenters. The van der Waals surface area contributed by atoms with Gasteiger partial charge in [-0.2, -0.15) is 0 Å². The smallest absolute Gasteiger partial charge is 0.253 e. The molecule has 0 aliphatic heterocycles. The van der Waals surface area contributed by atoms with Crippen LogP contribution in [0.25, 0.3) is 0 Å². The molecule has 0 bridgehead atoms. The molecule has 1 aliphatic carbocycles. The summed E-state index contributed by atoms with van der Waals surface area (Å²) in [7, 11) is 0. The van der Waals surface area contributed by atoms with Crippen LogP contribution in [0.15, 0.2) is 12.1 Å². The average Bonchev–Trinajstić information content (AvgIpc) is 2.42. The van der Waals surface area contributed by atoms with Crippen molar-refractivity contribution in [3.8, 4) is 0 Å². The number of aliphatic hydroxyl groups excluding tert-OH is 1. The molecule has 1 aromatic rings. The summed E-state index contributed by atoms with van der Waals surface area (Å²) < 4.78 is 13.5. The zero-order chi connectivity index (χ0) is 15.6. The molecular weight excluding hydrogens is 316 g/mol. The minimum atomic E-state index is -0.693. The molecule has 1 fully saturated rings. The largest absolute Gasteiger partial charge is 0.394 e. The minimum absolute atomic E-state index is 0.0321.